The Labute approximate surface area is 173 Å². The Bertz CT molecular complexity index is 1130. The maximum absolute atomic E-state index is 12.7. The monoisotopic (exact) mass is 459 g/mol. The van der Waals surface area contributed by atoms with Gasteiger partial charge in [-0.15, -0.1) is 11.3 Å². The minimum Gasteiger partial charge on any atom is -0.303 e. The molecule has 27 heavy (non-hydrogen) atoms. The maximum Gasteiger partial charge on any atom is 0.268 e. The molecule has 2 aromatic carbocycles. The average Bonchev–Trinajstić information content (AvgIpc) is 3.17. The van der Waals surface area contributed by atoms with Crippen LogP contribution in [0.25, 0.3) is 10.1 Å². The van der Waals surface area contributed by atoms with Crippen molar-refractivity contribution in [3.63, 3.8) is 0 Å². The van der Waals surface area contributed by atoms with Crippen molar-refractivity contribution in [3.05, 3.63) is 80.2 Å². The van der Waals surface area contributed by atoms with Crippen LogP contribution in [0.2, 0.25) is 5.02 Å². The summed E-state index contributed by atoms with van der Waals surface area (Å²) in [5, 5.41) is 8.69. The van der Waals surface area contributed by atoms with Gasteiger partial charge in [-0.3, -0.25) is 9.48 Å². The van der Waals surface area contributed by atoms with E-state index < -0.39 is 0 Å². The van der Waals surface area contributed by atoms with Gasteiger partial charge in [0.25, 0.3) is 5.91 Å². The zero-order chi connectivity index (χ0) is 19.0. The molecule has 0 aliphatic rings. The number of anilines is 1. The SMILES string of the molecule is Cc1ccc(Cn2cc(Br)c(NC(=O)c3sc4ccccc4c3Cl)n2)cc1. The van der Waals surface area contributed by atoms with Gasteiger partial charge in [0.2, 0.25) is 0 Å². The molecule has 0 saturated heterocycles. The number of carbonyl (C=O) groups excluding carboxylic acids is 1. The molecule has 0 atom stereocenters. The third-order valence-electron chi connectivity index (χ3n) is 4.16. The number of rotatable bonds is 4. The van der Waals surface area contributed by atoms with E-state index in [1.807, 2.05) is 30.5 Å². The number of aryl methyl sites for hydroxylation is 1. The predicted octanol–water partition coefficient (Wildman–Crippen LogP) is 6.12. The molecule has 4 rings (SSSR count). The van der Waals surface area contributed by atoms with E-state index in [-0.39, 0.29) is 5.91 Å². The van der Waals surface area contributed by atoms with Gasteiger partial charge in [-0.1, -0.05) is 59.6 Å². The zero-order valence-corrected chi connectivity index (χ0v) is 17.5. The molecule has 1 N–H and O–H groups in total. The molecule has 0 bridgehead atoms. The number of benzene rings is 2. The lowest BCUT2D eigenvalue weighted by atomic mass is 10.1. The maximum atomic E-state index is 12.7. The summed E-state index contributed by atoms with van der Waals surface area (Å²) in [4.78, 5) is 13.2. The van der Waals surface area contributed by atoms with E-state index in [4.69, 9.17) is 11.6 Å². The first-order valence-electron chi connectivity index (χ1n) is 8.28. The summed E-state index contributed by atoms with van der Waals surface area (Å²) < 4.78 is 3.49. The number of halogens is 2. The second-order valence-electron chi connectivity index (χ2n) is 6.20. The normalized spacial score (nSPS) is 11.1. The minimum atomic E-state index is -0.262. The van der Waals surface area contributed by atoms with Gasteiger partial charge in [-0.25, -0.2) is 0 Å². The van der Waals surface area contributed by atoms with Gasteiger partial charge in [0, 0.05) is 16.3 Å². The molecule has 0 radical (unpaired) electrons. The zero-order valence-electron chi connectivity index (χ0n) is 14.4. The van der Waals surface area contributed by atoms with Crippen LogP contribution >= 0.6 is 38.9 Å². The number of thiophene rings is 1. The van der Waals surface area contributed by atoms with Gasteiger partial charge in [0.15, 0.2) is 5.82 Å². The Kier molecular flexibility index (Phi) is 5.04. The van der Waals surface area contributed by atoms with Gasteiger partial charge < -0.3 is 5.32 Å². The van der Waals surface area contributed by atoms with E-state index in [0.29, 0.717) is 22.3 Å². The fourth-order valence-corrected chi connectivity index (χ4v) is 4.59. The number of hydrogen-bond donors (Lipinski definition) is 1. The molecule has 0 aliphatic heterocycles. The van der Waals surface area contributed by atoms with Crippen LogP contribution in [0.15, 0.2) is 59.2 Å². The van der Waals surface area contributed by atoms with Gasteiger partial charge >= 0.3 is 0 Å². The van der Waals surface area contributed by atoms with Gasteiger partial charge in [-0.05, 0) is 34.5 Å². The van der Waals surface area contributed by atoms with E-state index in [1.165, 1.54) is 16.9 Å². The van der Waals surface area contributed by atoms with E-state index in [9.17, 15) is 4.79 Å². The molecular weight excluding hydrogens is 446 g/mol. The van der Waals surface area contributed by atoms with Crippen LogP contribution in [0, 0.1) is 6.92 Å². The number of amides is 1. The first-order chi connectivity index (χ1) is 13.0. The molecule has 0 aliphatic carbocycles. The van der Waals surface area contributed by atoms with Crippen LogP contribution in [-0.4, -0.2) is 15.7 Å². The van der Waals surface area contributed by atoms with E-state index in [2.05, 4.69) is 57.5 Å². The minimum absolute atomic E-state index is 0.262. The van der Waals surface area contributed by atoms with Crippen LogP contribution in [0.1, 0.15) is 20.8 Å². The lowest BCUT2D eigenvalue weighted by molar-refractivity contribution is 0.103. The molecule has 136 valence electrons. The van der Waals surface area contributed by atoms with Gasteiger partial charge in [0.1, 0.15) is 4.88 Å². The summed E-state index contributed by atoms with van der Waals surface area (Å²) in [6.07, 6.45) is 1.85. The summed E-state index contributed by atoms with van der Waals surface area (Å²) in [5.74, 6) is 0.211. The van der Waals surface area contributed by atoms with Crippen LogP contribution < -0.4 is 5.32 Å². The van der Waals surface area contributed by atoms with Crippen LogP contribution in [0.4, 0.5) is 5.82 Å². The molecule has 0 fully saturated rings. The second-order valence-corrected chi connectivity index (χ2v) is 8.49. The van der Waals surface area contributed by atoms with Crippen molar-refractivity contribution < 1.29 is 4.79 Å². The Balaban J connectivity index is 1.55. The Hall–Kier alpha value is -2.15. The molecule has 7 heteroatoms. The number of aromatic nitrogens is 2. The van der Waals surface area contributed by atoms with Crippen molar-refractivity contribution in [1.29, 1.82) is 0 Å². The number of nitrogens with one attached hydrogen (secondary N) is 1. The third-order valence-corrected chi connectivity index (χ3v) is 6.41. The third kappa shape index (κ3) is 3.78. The highest BCUT2D eigenvalue weighted by molar-refractivity contribution is 9.10. The lowest BCUT2D eigenvalue weighted by Gasteiger charge is -2.03. The molecule has 0 unspecified atom stereocenters. The lowest BCUT2D eigenvalue weighted by Crippen LogP contribution is -2.12. The second kappa shape index (κ2) is 7.46. The number of nitrogens with zero attached hydrogens (tertiary/aromatic N) is 2. The molecular formula is C20H15BrClN3OS. The highest BCUT2D eigenvalue weighted by Gasteiger charge is 2.19. The van der Waals surface area contributed by atoms with E-state index in [0.717, 1.165) is 20.1 Å². The molecule has 0 saturated carbocycles. The summed E-state index contributed by atoms with van der Waals surface area (Å²) in [5.41, 5.74) is 2.36. The average molecular weight is 461 g/mol. The van der Waals surface area contributed by atoms with E-state index in [1.54, 1.807) is 4.68 Å². The highest BCUT2D eigenvalue weighted by Crippen LogP contribution is 2.35. The van der Waals surface area contributed by atoms with E-state index >= 15 is 0 Å². The van der Waals surface area contributed by atoms with Crippen molar-refractivity contribution in [2.45, 2.75) is 13.5 Å². The molecule has 2 aromatic heterocycles. The molecule has 4 aromatic rings. The molecule has 1 amide bonds. The first kappa shape index (κ1) is 18.2. The quantitative estimate of drug-likeness (QED) is 0.398. The summed E-state index contributed by atoms with van der Waals surface area (Å²) in [6, 6.07) is 16.0. The summed E-state index contributed by atoms with van der Waals surface area (Å²) in [6.45, 7) is 2.68. The number of fused-ring (bicyclic) bond motifs is 1. The number of hydrogen-bond acceptors (Lipinski definition) is 3. The van der Waals surface area contributed by atoms with Crippen LogP contribution in [0.3, 0.4) is 0 Å². The Morgan fingerprint density at radius 1 is 1.22 bits per heavy atom. The van der Waals surface area contributed by atoms with Crippen LogP contribution in [0.5, 0.6) is 0 Å². The largest absolute Gasteiger partial charge is 0.303 e. The van der Waals surface area contributed by atoms with Gasteiger partial charge in [0.05, 0.1) is 16.0 Å². The first-order valence-corrected chi connectivity index (χ1v) is 10.3. The predicted molar refractivity (Wildman–Crippen MR) is 115 cm³/mol. The molecule has 4 nitrogen and oxygen atoms in total. The molecule has 0 spiro atoms. The van der Waals surface area contributed by atoms with Crippen LogP contribution in [-0.2, 0) is 6.54 Å². The fourth-order valence-electron chi connectivity index (χ4n) is 2.77. The van der Waals surface area contributed by atoms with Crippen molar-refractivity contribution in [1.82, 2.24) is 9.78 Å². The Morgan fingerprint density at radius 3 is 2.70 bits per heavy atom. The van der Waals surface area contributed by atoms with Crippen molar-refractivity contribution in [2.24, 2.45) is 0 Å². The Morgan fingerprint density at radius 2 is 1.96 bits per heavy atom. The highest BCUT2D eigenvalue weighted by atomic mass is 79.9. The summed E-state index contributed by atoms with van der Waals surface area (Å²) in [7, 11) is 0. The van der Waals surface area contributed by atoms with Gasteiger partial charge in [-0.2, -0.15) is 5.10 Å². The standard InChI is InChI=1S/C20H15BrClN3OS/c1-12-6-8-13(9-7-12)10-25-11-15(21)19(24-25)23-20(26)18-17(22)14-4-2-3-5-16(14)27-18/h2-9,11H,10H2,1H3,(H,23,24,26). The topological polar surface area (TPSA) is 46.9 Å². The molecule has 2 heterocycles. The summed E-state index contributed by atoms with van der Waals surface area (Å²) >= 11 is 11.2. The fraction of sp³-hybridized carbons (Fsp3) is 0.100. The van der Waals surface area contributed by atoms with Crippen molar-refractivity contribution >= 4 is 60.7 Å². The van der Waals surface area contributed by atoms with Crippen molar-refractivity contribution in [2.75, 3.05) is 5.32 Å². The van der Waals surface area contributed by atoms with Crippen molar-refractivity contribution in [3.8, 4) is 0 Å². The smallest absolute Gasteiger partial charge is 0.268 e. The number of carbonyl (C=O) groups is 1.